The van der Waals surface area contributed by atoms with Crippen LogP contribution in [0.1, 0.15) is 136 Å². The van der Waals surface area contributed by atoms with E-state index < -0.39 is 0 Å². The molecule has 0 heterocycles. The summed E-state index contributed by atoms with van der Waals surface area (Å²) >= 11 is 0. The van der Waals surface area contributed by atoms with E-state index in [9.17, 15) is 9.59 Å². The highest BCUT2D eigenvalue weighted by Crippen LogP contribution is 2.10. The van der Waals surface area contributed by atoms with Gasteiger partial charge in [-0.3, -0.25) is 4.79 Å². The minimum absolute atomic E-state index is 0.000778. The molecule has 0 bridgehead atoms. The third-order valence-electron chi connectivity index (χ3n) is 6.12. The van der Waals surface area contributed by atoms with Crippen LogP contribution in [0.4, 0.5) is 0 Å². The molecule has 0 aromatic carbocycles. The molecule has 196 valence electrons. The van der Waals surface area contributed by atoms with Crippen LogP contribution < -0.4 is 0 Å². The number of ether oxygens (including phenoxy) is 2. The van der Waals surface area contributed by atoms with Crippen LogP contribution in [-0.2, 0) is 19.1 Å². The van der Waals surface area contributed by atoms with Crippen molar-refractivity contribution in [3.63, 3.8) is 0 Å². The summed E-state index contributed by atoms with van der Waals surface area (Å²) in [5, 5.41) is 0. The first-order chi connectivity index (χ1) is 16.2. The second-order valence-electron chi connectivity index (χ2n) is 9.40. The van der Waals surface area contributed by atoms with Gasteiger partial charge in [-0.2, -0.15) is 0 Å². The van der Waals surface area contributed by atoms with E-state index in [0.29, 0.717) is 6.61 Å². The molecule has 0 saturated carbocycles. The molecule has 0 radical (unpaired) electrons. The molecular formula is C28H55NO4. The molecule has 0 aromatic heterocycles. The maximum atomic E-state index is 12.7. The molecule has 33 heavy (non-hydrogen) atoms. The van der Waals surface area contributed by atoms with Crippen molar-refractivity contribution in [3.05, 3.63) is 0 Å². The number of amides is 1. The van der Waals surface area contributed by atoms with Gasteiger partial charge in [-0.15, -0.1) is 0 Å². The molecule has 5 heteroatoms. The van der Waals surface area contributed by atoms with Crippen molar-refractivity contribution >= 4 is 11.9 Å². The van der Waals surface area contributed by atoms with Gasteiger partial charge in [-0.25, -0.2) is 4.79 Å². The minimum Gasteiger partial charge on any atom is -0.464 e. The summed E-state index contributed by atoms with van der Waals surface area (Å²) in [6.07, 6.45) is 21.5. The molecule has 0 aliphatic heterocycles. The highest BCUT2D eigenvalue weighted by Gasteiger charge is 2.14. The van der Waals surface area contributed by atoms with Crippen molar-refractivity contribution in [1.29, 1.82) is 0 Å². The molecule has 0 unspecified atom stereocenters. The Labute approximate surface area is 205 Å². The van der Waals surface area contributed by atoms with Crippen LogP contribution in [0.25, 0.3) is 0 Å². The Morgan fingerprint density at radius 1 is 0.545 bits per heavy atom. The number of hydrogen-bond acceptors (Lipinski definition) is 4. The van der Waals surface area contributed by atoms with E-state index in [1.807, 2.05) is 4.90 Å². The van der Waals surface area contributed by atoms with Crippen LogP contribution in [0.2, 0.25) is 0 Å². The van der Waals surface area contributed by atoms with E-state index in [1.54, 1.807) is 0 Å². The SMILES string of the molecule is CCCCCCCCOC(=O)COCC(=O)N(CCCCCCCC)CCCCCCCC. The average Bonchev–Trinajstić information content (AvgIpc) is 2.81. The Balaban J connectivity index is 4.09. The fourth-order valence-electron chi connectivity index (χ4n) is 3.95. The zero-order valence-electron chi connectivity index (χ0n) is 22.3. The summed E-state index contributed by atoms with van der Waals surface area (Å²) in [6, 6.07) is 0. The topological polar surface area (TPSA) is 55.8 Å². The van der Waals surface area contributed by atoms with Crippen LogP contribution in [0.15, 0.2) is 0 Å². The molecule has 0 aliphatic carbocycles. The van der Waals surface area contributed by atoms with E-state index in [-0.39, 0.29) is 25.1 Å². The van der Waals surface area contributed by atoms with E-state index in [4.69, 9.17) is 9.47 Å². The van der Waals surface area contributed by atoms with Gasteiger partial charge >= 0.3 is 5.97 Å². The zero-order valence-corrected chi connectivity index (χ0v) is 22.3. The van der Waals surface area contributed by atoms with E-state index in [0.717, 1.165) is 38.8 Å². The minimum atomic E-state index is -0.366. The van der Waals surface area contributed by atoms with E-state index in [1.165, 1.54) is 89.9 Å². The summed E-state index contributed by atoms with van der Waals surface area (Å²) in [4.78, 5) is 26.5. The number of hydrogen-bond donors (Lipinski definition) is 0. The van der Waals surface area contributed by atoms with Crippen LogP contribution in [0.3, 0.4) is 0 Å². The second-order valence-corrected chi connectivity index (χ2v) is 9.40. The molecule has 1 amide bonds. The average molecular weight is 470 g/mol. The lowest BCUT2D eigenvalue weighted by molar-refractivity contribution is -0.151. The maximum Gasteiger partial charge on any atom is 0.332 e. The number of unbranched alkanes of at least 4 members (excludes halogenated alkanes) is 15. The monoisotopic (exact) mass is 469 g/mol. The molecule has 0 aromatic rings. The molecule has 0 fully saturated rings. The van der Waals surface area contributed by atoms with Crippen molar-refractivity contribution in [3.8, 4) is 0 Å². The van der Waals surface area contributed by atoms with Gasteiger partial charge in [0.05, 0.1) is 6.61 Å². The van der Waals surface area contributed by atoms with Crippen LogP contribution >= 0.6 is 0 Å². The number of carbonyl (C=O) groups excluding carboxylic acids is 2. The Morgan fingerprint density at radius 3 is 1.45 bits per heavy atom. The first kappa shape index (κ1) is 31.9. The quantitative estimate of drug-likeness (QED) is 0.103. The van der Waals surface area contributed by atoms with Gasteiger partial charge in [-0.1, -0.05) is 117 Å². The molecule has 0 N–H and O–H groups in total. The van der Waals surface area contributed by atoms with Crippen molar-refractivity contribution in [2.75, 3.05) is 32.9 Å². The van der Waals surface area contributed by atoms with Gasteiger partial charge in [0.2, 0.25) is 5.91 Å². The summed E-state index contributed by atoms with van der Waals surface area (Å²) in [7, 11) is 0. The Bertz CT molecular complexity index is 426. The molecular weight excluding hydrogens is 414 g/mol. The number of esters is 1. The Morgan fingerprint density at radius 2 is 0.970 bits per heavy atom. The second kappa shape index (κ2) is 25.5. The lowest BCUT2D eigenvalue weighted by Gasteiger charge is -2.23. The molecule has 0 saturated heterocycles. The normalized spacial score (nSPS) is 11.0. The van der Waals surface area contributed by atoms with Gasteiger partial charge in [0.15, 0.2) is 0 Å². The summed E-state index contributed by atoms with van der Waals surface area (Å²) in [5.41, 5.74) is 0. The number of rotatable bonds is 25. The van der Waals surface area contributed by atoms with Crippen molar-refractivity contribution < 1.29 is 19.1 Å². The van der Waals surface area contributed by atoms with Crippen LogP contribution in [-0.4, -0.2) is 49.7 Å². The first-order valence-corrected chi connectivity index (χ1v) is 14.2. The van der Waals surface area contributed by atoms with Gasteiger partial charge < -0.3 is 14.4 Å². The van der Waals surface area contributed by atoms with Gasteiger partial charge in [0.25, 0.3) is 0 Å². The lowest BCUT2D eigenvalue weighted by Crippen LogP contribution is -2.36. The largest absolute Gasteiger partial charge is 0.464 e. The predicted molar refractivity (Wildman–Crippen MR) is 138 cm³/mol. The predicted octanol–water partition coefficient (Wildman–Crippen LogP) is 7.46. The van der Waals surface area contributed by atoms with E-state index >= 15 is 0 Å². The van der Waals surface area contributed by atoms with Crippen molar-refractivity contribution in [2.45, 2.75) is 136 Å². The lowest BCUT2D eigenvalue weighted by atomic mass is 10.1. The fourth-order valence-corrected chi connectivity index (χ4v) is 3.95. The summed E-state index contributed by atoms with van der Waals surface area (Å²) < 4.78 is 10.6. The zero-order chi connectivity index (χ0) is 24.4. The fraction of sp³-hybridized carbons (Fsp3) is 0.929. The highest BCUT2D eigenvalue weighted by atomic mass is 16.6. The number of carbonyl (C=O) groups is 2. The molecule has 0 aliphatic rings. The van der Waals surface area contributed by atoms with Crippen LogP contribution in [0, 0.1) is 0 Å². The Kier molecular flexibility index (Phi) is 24.7. The summed E-state index contributed by atoms with van der Waals surface area (Å²) in [5.74, 6) is -0.365. The smallest absolute Gasteiger partial charge is 0.332 e. The number of nitrogens with zero attached hydrogens (tertiary/aromatic N) is 1. The third-order valence-corrected chi connectivity index (χ3v) is 6.12. The first-order valence-electron chi connectivity index (χ1n) is 14.2. The highest BCUT2D eigenvalue weighted by molar-refractivity contribution is 5.78. The molecule has 0 atom stereocenters. The van der Waals surface area contributed by atoms with E-state index in [2.05, 4.69) is 20.8 Å². The van der Waals surface area contributed by atoms with Gasteiger partial charge in [-0.05, 0) is 19.3 Å². The summed E-state index contributed by atoms with van der Waals surface area (Å²) in [6.45, 7) is 8.54. The standard InChI is InChI=1S/C28H55NO4/c1-4-7-10-13-16-19-22-29(23-20-17-14-11-8-5-2)27(30)25-32-26-28(31)33-24-21-18-15-12-9-6-3/h4-26H2,1-3H3. The van der Waals surface area contributed by atoms with Crippen LogP contribution in [0.5, 0.6) is 0 Å². The van der Waals surface area contributed by atoms with Crippen molar-refractivity contribution in [2.24, 2.45) is 0 Å². The maximum absolute atomic E-state index is 12.7. The Hall–Kier alpha value is -1.10. The molecule has 0 rings (SSSR count). The molecule has 5 nitrogen and oxygen atoms in total. The van der Waals surface area contributed by atoms with Gasteiger partial charge in [0, 0.05) is 13.1 Å². The van der Waals surface area contributed by atoms with Crippen molar-refractivity contribution in [1.82, 2.24) is 4.90 Å². The van der Waals surface area contributed by atoms with Gasteiger partial charge in [0.1, 0.15) is 13.2 Å². The molecule has 0 spiro atoms. The third kappa shape index (κ3) is 22.5.